The molecule has 18 heavy (non-hydrogen) atoms. The van der Waals surface area contributed by atoms with Gasteiger partial charge in [-0.25, -0.2) is 9.97 Å². The van der Waals surface area contributed by atoms with Crippen LogP contribution in [0.25, 0.3) is 11.3 Å². The van der Waals surface area contributed by atoms with Gasteiger partial charge < -0.3 is 10.5 Å². The highest BCUT2D eigenvalue weighted by molar-refractivity contribution is 5.61. The van der Waals surface area contributed by atoms with Crippen LogP contribution in [0.2, 0.25) is 0 Å². The summed E-state index contributed by atoms with van der Waals surface area (Å²) in [5.74, 6) is 1.10. The van der Waals surface area contributed by atoms with Crippen molar-refractivity contribution in [2.75, 3.05) is 12.8 Å². The molecule has 1 unspecified atom stereocenters. The van der Waals surface area contributed by atoms with Gasteiger partial charge in [-0.05, 0) is 6.42 Å². The van der Waals surface area contributed by atoms with E-state index >= 15 is 0 Å². The maximum atomic E-state index is 5.84. The van der Waals surface area contributed by atoms with E-state index in [4.69, 9.17) is 10.5 Å². The minimum absolute atomic E-state index is 0.115. The highest BCUT2D eigenvalue weighted by Gasteiger charge is 2.13. The summed E-state index contributed by atoms with van der Waals surface area (Å²) < 4.78 is 5.35. The number of ether oxygens (including phenoxy) is 1. The summed E-state index contributed by atoms with van der Waals surface area (Å²) in [6, 6.07) is 11.7. The second kappa shape index (κ2) is 5.60. The topological polar surface area (TPSA) is 61.0 Å². The molecule has 2 rings (SSSR count). The van der Waals surface area contributed by atoms with Gasteiger partial charge in [-0.3, -0.25) is 0 Å². The molecule has 0 aliphatic rings. The second-order valence-corrected chi connectivity index (χ2v) is 4.03. The molecule has 0 spiro atoms. The Morgan fingerprint density at radius 1 is 1.22 bits per heavy atom. The Hall–Kier alpha value is -1.94. The third-order valence-electron chi connectivity index (χ3n) is 2.78. The first-order valence-corrected chi connectivity index (χ1v) is 5.97. The standard InChI is InChI=1S/C14H17N3O/c1-3-12(18-2)14-16-11(9-13(15)17-14)10-7-5-4-6-8-10/h4-9,12H,3H2,1-2H3,(H2,15,16,17). The van der Waals surface area contributed by atoms with Crippen LogP contribution >= 0.6 is 0 Å². The predicted octanol–water partition coefficient (Wildman–Crippen LogP) is 2.82. The zero-order valence-electron chi connectivity index (χ0n) is 10.6. The number of hydrogen-bond acceptors (Lipinski definition) is 4. The summed E-state index contributed by atoms with van der Waals surface area (Å²) in [6.45, 7) is 2.03. The molecule has 1 heterocycles. The van der Waals surface area contributed by atoms with E-state index in [1.165, 1.54) is 0 Å². The van der Waals surface area contributed by atoms with Crippen molar-refractivity contribution in [3.05, 3.63) is 42.2 Å². The van der Waals surface area contributed by atoms with Crippen LogP contribution in [-0.4, -0.2) is 17.1 Å². The van der Waals surface area contributed by atoms with Gasteiger partial charge >= 0.3 is 0 Å². The van der Waals surface area contributed by atoms with Crippen molar-refractivity contribution < 1.29 is 4.74 Å². The van der Waals surface area contributed by atoms with Crippen molar-refractivity contribution in [1.82, 2.24) is 9.97 Å². The summed E-state index contributed by atoms with van der Waals surface area (Å²) in [5, 5.41) is 0. The van der Waals surface area contributed by atoms with Crippen LogP contribution in [-0.2, 0) is 4.74 Å². The Labute approximate surface area is 107 Å². The number of anilines is 1. The normalized spacial score (nSPS) is 12.3. The Bertz CT molecular complexity index is 510. The first-order chi connectivity index (χ1) is 8.74. The number of benzene rings is 1. The van der Waals surface area contributed by atoms with Crippen molar-refractivity contribution in [2.24, 2.45) is 0 Å². The van der Waals surface area contributed by atoms with Gasteiger partial charge in [0.1, 0.15) is 11.9 Å². The number of nitrogens with zero attached hydrogens (tertiary/aromatic N) is 2. The fourth-order valence-electron chi connectivity index (χ4n) is 1.84. The zero-order valence-corrected chi connectivity index (χ0v) is 10.6. The molecule has 0 aliphatic carbocycles. The van der Waals surface area contributed by atoms with Gasteiger partial charge in [0.2, 0.25) is 0 Å². The van der Waals surface area contributed by atoms with Crippen LogP contribution in [0.3, 0.4) is 0 Å². The molecule has 0 fully saturated rings. The molecule has 1 atom stereocenters. The van der Waals surface area contributed by atoms with E-state index in [2.05, 4.69) is 9.97 Å². The molecule has 0 bridgehead atoms. The quantitative estimate of drug-likeness (QED) is 0.897. The van der Waals surface area contributed by atoms with E-state index in [0.29, 0.717) is 11.6 Å². The smallest absolute Gasteiger partial charge is 0.160 e. The van der Waals surface area contributed by atoms with Gasteiger partial charge in [0.05, 0.1) is 5.69 Å². The fraction of sp³-hybridized carbons (Fsp3) is 0.286. The molecule has 0 radical (unpaired) electrons. The van der Waals surface area contributed by atoms with Crippen molar-refractivity contribution in [3.8, 4) is 11.3 Å². The van der Waals surface area contributed by atoms with Gasteiger partial charge in [-0.1, -0.05) is 37.3 Å². The number of nitrogens with two attached hydrogens (primary N) is 1. The Morgan fingerprint density at radius 3 is 2.56 bits per heavy atom. The van der Waals surface area contributed by atoms with Crippen molar-refractivity contribution >= 4 is 5.82 Å². The van der Waals surface area contributed by atoms with Crippen LogP contribution in [0.1, 0.15) is 25.3 Å². The highest BCUT2D eigenvalue weighted by atomic mass is 16.5. The minimum atomic E-state index is -0.115. The zero-order chi connectivity index (χ0) is 13.0. The van der Waals surface area contributed by atoms with E-state index < -0.39 is 0 Å². The van der Waals surface area contributed by atoms with E-state index in [0.717, 1.165) is 17.7 Å². The molecule has 2 aromatic rings. The molecule has 4 heteroatoms. The lowest BCUT2D eigenvalue weighted by Gasteiger charge is -2.13. The molecule has 1 aromatic carbocycles. The first kappa shape index (κ1) is 12.5. The first-order valence-electron chi connectivity index (χ1n) is 5.97. The second-order valence-electron chi connectivity index (χ2n) is 4.03. The summed E-state index contributed by atoms with van der Waals surface area (Å²) in [7, 11) is 1.66. The molecule has 0 saturated heterocycles. The Balaban J connectivity index is 2.44. The van der Waals surface area contributed by atoms with Crippen LogP contribution in [0, 0.1) is 0 Å². The van der Waals surface area contributed by atoms with Crippen molar-refractivity contribution in [1.29, 1.82) is 0 Å². The molecule has 0 saturated carbocycles. The number of rotatable bonds is 4. The van der Waals surface area contributed by atoms with Crippen molar-refractivity contribution in [3.63, 3.8) is 0 Å². The summed E-state index contributed by atoms with van der Waals surface area (Å²) in [4.78, 5) is 8.77. The van der Waals surface area contributed by atoms with E-state index in [1.807, 2.05) is 37.3 Å². The molecular formula is C14H17N3O. The van der Waals surface area contributed by atoms with Gasteiger partial charge in [-0.2, -0.15) is 0 Å². The Morgan fingerprint density at radius 2 is 1.94 bits per heavy atom. The van der Waals surface area contributed by atoms with E-state index in [1.54, 1.807) is 13.2 Å². The number of hydrogen-bond donors (Lipinski definition) is 1. The largest absolute Gasteiger partial charge is 0.384 e. The molecule has 1 aromatic heterocycles. The lowest BCUT2D eigenvalue weighted by Crippen LogP contribution is -2.08. The average Bonchev–Trinajstić information content (AvgIpc) is 2.40. The fourth-order valence-corrected chi connectivity index (χ4v) is 1.84. The average molecular weight is 243 g/mol. The van der Waals surface area contributed by atoms with Crippen LogP contribution in [0.15, 0.2) is 36.4 Å². The SMILES string of the molecule is CCC(OC)c1nc(N)cc(-c2ccccc2)n1. The van der Waals surface area contributed by atoms with E-state index in [-0.39, 0.29) is 6.10 Å². The Kier molecular flexibility index (Phi) is 3.89. The van der Waals surface area contributed by atoms with Crippen LogP contribution < -0.4 is 5.73 Å². The maximum absolute atomic E-state index is 5.84. The molecule has 0 amide bonds. The monoisotopic (exact) mass is 243 g/mol. The number of aromatic nitrogens is 2. The summed E-state index contributed by atoms with van der Waals surface area (Å²) in [5.41, 5.74) is 7.69. The van der Waals surface area contributed by atoms with E-state index in [9.17, 15) is 0 Å². The maximum Gasteiger partial charge on any atom is 0.160 e. The third kappa shape index (κ3) is 2.65. The van der Waals surface area contributed by atoms with Gasteiger partial charge in [0.15, 0.2) is 5.82 Å². The molecule has 94 valence electrons. The third-order valence-corrected chi connectivity index (χ3v) is 2.78. The van der Waals surface area contributed by atoms with Gasteiger partial charge in [-0.15, -0.1) is 0 Å². The van der Waals surface area contributed by atoms with Crippen LogP contribution in [0.5, 0.6) is 0 Å². The van der Waals surface area contributed by atoms with Crippen molar-refractivity contribution in [2.45, 2.75) is 19.4 Å². The molecule has 0 aliphatic heterocycles. The van der Waals surface area contributed by atoms with Gasteiger partial charge in [0, 0.05) is 18.7 Å². The lowest BCUT2D eigenvalue weighted by atomic mass is 10.1. The minimum Gasteiger partial charge on any atom is -0.384 e. The van der Waals surface area contributed by atoms with Gasteiger partial charge in [0.25, 0.3) is 0 Å². The number of methoxy groups -OCH3 is 1. The molecule has 4 nitrogen and oxygen atoms in total. The molecule has 2 N–H and O–H groups in total. The summed E-state index contributed by atoms with van der Waals surface area (Å²) in [6.07, 6.45) is 0.699. The number of nitrogen functional groups attached to an aromatic ring is 1. The molecular weight excluding hydrogens is 226 g/mol. The lowest BCUT2D eigenvalue weighted by molar-refractivity contribution is 0.0928. The predicted molar refractivity (Wildman–Crippen MR) is 71.9 cm³/mol. The highest BCUT2D eigenvalue weighted by Crippen LogP contribution is 2.23. The summed E-state index contributed by atoms with van der Waals surface area (Å²) >= 11 is 0. The van der Waals surface area contributed by atoms with Crippen LogP contribution in [0.4, 0.5) is 5.82 Å².